The highest BCUT2D eigenvalue weighted by molar-refractivity contribution is 7.57. The lowest BCUT2D eigenvalue weighted by Gasteiger charge is -2.15. The quantitative estimate of drug-likeness (QED) is 0.354. The zero-order valence-corrected chi connectivity index (χ0v) is 19.5. The predicted molar refractivity (Wildman–Crippen MR) is 123 cm³/mol. The van der Waals surface area contributed by atoms with Gasteiger partial charge in [-0.05, 0) is 52.6 Å². The Labute approximate surface area is 191 Å². The maximum atomic E-state index is 13.1. The number of rotatable bonds is 8. The number of hydrogen-bond donors (Lipinski definition) is 1. The number of aromatic hydroxyl groups is 1. The molecular formula is C23H22Cl2FO4P. The molecule has 0 aliphatic rings. The van der Waals surface area contributed by atoms with Gasteiger partial charge in [-0.15, -0.1) is 0 Å². The van der Waals surface area contributed by atoms with Crippen LogP contribution in [-0.2, 0) is 21.9 Å². The summed E-state index contributed by atoms with van der Waals surface area (Å²) in [5.41, 5.74) is 3.22. The van der Waals surface area contributed by atoms with Crippen LogP contribution in [0.4, 0.5) is 4.39 Å². The van der Waals surface area contributed by atoms with E-state index in [-0.39, 0.29) is 17.9 Å². The molecule has 3 aromatic carbocycles. The zero-order chi connectivity index (χ0) is 22.6. The van der Waals surface area contributed by atoms with E-state index in [4.69, 9.17) is 32.5 Å². The van der Waals surface area contributed by atoms with Crippen molar-refractivity contribution in [1.82, 2.24) is 0 Å². The average Bonchev–Trinajstić information content (AvgIpc) is 2.73. The van der Waals surface area contributed by atoms with Gasteiger partial charge in [0.1, 0.15) is 17.3 Å². The molecule has 0 aromatic heterocycles. The van der Waals surface area contributed by atoms with Crippen molar-refractivity contribution in [2.24, 2.45) is 0 Å². The predicted octanol–water partition coefficient (Wildman–Crippen LogP) is 6.91. The second-order valence-corrected chi connectivity index (χ2v) is 10.7. The summed E-state index contributed by atoms with van der Waals surface area (Å²) in [5.74, 6) is 0.263. The first-order valence-electron chi connectivity index (χ1n) is 9.45. The van der Waals surface area contributed by atoms with Crippen LogP contribution in [0.3, 0.4) is 0 Å². The molecule has 0 radical (unpaired) electrons. The van der Waals surface area contributed by atoms with Crippen molar-refractivity contribution in [3.8, 4) is 11.5 Å². The normalized spacial score (nSPS) is 13.1. The monoisotopic (exact) mass is 482 g/mol. The zero-order valence-electron chi connectivity index (χ0n) is 17.1. The maximum absolute atomic E-state index is 13.1. The standard InChI is InChI=1S/C23H22Cl2FO4P/c1-29-31(2,28)14-30-19-12-21(24)20(22(25)13-19)11-16-5-8-23(27)17(10-16)9-15-3-6-18(26)7-4-15/h3-8,10,12-13,27H,9,11,14H2,1-2H3. The van der Waals surface area contributed by atoms with Crippen molar-refractivity contribution in [3.63, 3.8) is 0 Å². The van der Waals surface area contributed by atoms with E-state index in [2.05, 4.69) is 0 Å². The molecule has 0 fully saturated rings. The Kier molecular flexibility index (Phi) is 7.66. The van der Waals surface area contributed by atoms with Gasteiger partial charge < -0.3 is 14.4 Å². The van der Waals surface area contributed by atoms with Gasteiger partial charge in [0, 0.05) is 36.7 Å². The van der Waals surface area contributed by atoms with Gasteiger partial charge in [-0.3, -0.25) is 4.57 Å². The van der Waals surface area contributed by atoms with Crippen LogP contribution < -0.4 is 4.74 Å². The van der Waals surface area contributed by atoms with Crippen LogP contribution in [0.1, 0.15) is 22.3 Å². The molecule has 1 unspecified atom stereocenters. The molecule has 0 spiro atoms. The van der Waals surface area contributed by atoms with Crippen molar-refractivity contribution in [2.45, 2.75) is 12.8 Å². The molecule has 0 amide bonds. The maximum Gasteiger partial charge on any atom is 0.236 e. The molecule has 0 aliphatic heterocycles. The van der Waals surface area contributed by atoms with E-state index in [0.717, 1.165) is 16.7 Å². The van der Waals surface area contributed by atoms with Gasteiger partial charge in [-0.25, -0.2) is 4.39 Å². The van der Waals surface area contributed by atoms with E-state index in [1.54, 1.807) is 36.4 Å². The van der Waals surface area contributed by atoms with E-state index >= 15 is 0 Å². The SMILES string of the molecule is COP(C)(=O)COc1cc(Cl)c(Cc2ccc(O)c(Cc3ccc(F)cc3)c2)c(Cl)c1. The van der Waals surface area contributed by atoms with Gasteiger partial charge in [0.05, 0.1) is 0 Å². The van der Waals surface area contributed by atoms with Gasteiger partial charge in [0.25, 0.3) is 0 Å². The van der Waals surface area contributed by atoms with Gasteiger partial charge in [-0.2, -0.15) is 0 Å². The van der Waals surface area contributed by atoms with Crippen LogP contribution in [-0.4, -0.2) is 25.2 Å². The second-order valence-electron chi connectivity index (χ2n) is 7.28. The van der Waals surface area contributed by atoms with E-state index in [9.17, 15) is 14.1 Å². The van der Waals surface area contributed by atoms with Gasteiger partial charge >= 0.3 is 0 Å². The topological polar surface area (TPSA) is 55.8 Å². The van der Waals surface area contributed by atoms with E-state index < -0.39 is 7.37 Å². The van der Waals surface area contributed by atoms with E-state index in [1.807, 2.05) is 6.07 Å². The van der Waals surface area contributed by atoms with Gasteiger partial charge in [0.15, 0.2) is 6.35 Å². The highest BCUT2D eigenvalue weighted by atomic mass is 35.5. The van der Waals surface area contributed by atoms with Crippen molar-refractivity contribution in [3.05, 3.63) is 92.7 Å². The summed E-state index contributed by atoms with van der Waals surface area (Å²) in [7, 11) is -1.46. The highest BCUT2D eigenvalue weighted by Crippen LogP contribution is 2.42. The Balaban J connectivity index is 1.79. The molecule has 1 atom stereocenters. The molecule has 3 rings (SSSR count). The minimum Gasteiger partial charge on any atom is -0.508 e. The van der Waals surface area contributed by atoms with Crippen LogP contribution in [0.15, 0.2) is 54.6 Å². The summed E-state index contributed by atoms with van der Waals surface area (Å²) in [6, 6.07) is 14.7. The van der Waals surface area contributed by atoms with Gasteiger partial charge in [0.2, 0.25) is 7.37 Å². The molecule has 1 N–H and O–H groups in total. The minimum absolute atomic E-state index is 0.0831. The van der Waals surface area contributed by atoms with Crippen LogP contribution in [0, 0.1) is 5.82 Å². The Hall–Kier alpha value is -2.04. The number of phenols is 1. The first-order valence-corrected chi connectivity index (χ1v) is 12.5. The van der Waals surface area contributed by atoms with Gasteiger partial charge in [-0.1, -0.05) is 47.5 Å². The molecular weight excluding hydrogens is 461 g/mol. The fourth-order valence-corrected chi connectivity index (χ4v) is 4.08. The molecule has 0 heterocycles. The van der Waals surface area contributed by atoms with Crippen molar-refractivity contribution in [1.29, 1.82) is 0 Å². The number of hydrogen-bond acceptors (Lipinski definition) is 4. The first kappa shape index (κ1) is 23.6. The average molecular weight is 483 g/mol. The molecule has 0 aliphatic carbocycles. The number of halogens is 3. The molecule has 31 heavy (non-hydrogen) atoms. The number of ether oxygens (including phenoxy) is 1. The summed E-state index contributed by atoms with van der Waals surface area (Å²) in [4.78, 5) is 0. The van der Waals surface area contributed by atoms with E-state index in [0.29, 0.717) is 34.2 Å². The van der Waals surface area contributed by atoms with Crippen molar-refractivity contribution >= 4 is 30.6 Å². The summed E-state index contributed by atoms with van der Waals surface area (Å²) in [6.07, 6.45) is 0.823. The third-order valence-corrected chi connectivity index (χ3v) is 6.84. The number of benzene rings is 3. The smallest absolute Gasteiger partial charge is 0.236 e. The van der Waals surface area contributed by atoms with E-state index in [1.165, 1.54) is 25.9 Å². The fraction of sp³-hybridized carbons (Fsp3) is 0.217. The molecule has 0 bridgehead atoms. The van der Waals surface area contributed by atoms with Crippen LogP contribution in [0.25, 0.3) is 0 Å². The Morgan fingerprint density at radius 3 is 2.19 bits per heavy atom. The van der Waals surface area contributed by atoms with Crippen LogP contribution in [0.2, 0.25) is 10.0 Å². The molecule has 164 valence electrons. The Morgan fingerprint density at radius 1 is 0.968 bits per heavy atom. The Morgan fingerprint density at radius 2 is 1.58 bits per heavy atom. The first-order chi connectivity index (χ1) is 14.7. The highest BCUT2D eigenvalue weighted by Gasteiger charge is 2.17. The molecule has 0 saturated carbocycles. The number of phenolic OH excluding ortho intramolecular Hbond substituents is 1. The lowest BCUT2D eigenvalue weighted by atomic mass is 9.98. The summed E-state index contributed by atoms with van der Waals surface area (Å²) >= 11 is 12.9. The van der Waals surface area contributed by atoms with Crippen molar-refractivity contribution < 1.29 is 23.3 Å². The minimum atomic E-state index is -2.83. The largest absolute Gasteiger partial charge is 0.508 e. The van der Waals surface area contributed by atoms with Crippen molar-refractivity contribution in [2.75, 3.05) is 20.1 Å². The molecule has 0 saturated heterocycles. The second kappa shape index (κ2) is 10.1. The van der Waals surface area contributed by atoms with Crippen LogP contribution >= 0.6 is 30.6 Å². The Bertz CT molecular complexity index is 1100. The molecule has 4 nitrogen and oxygen atoms in total. The summed E-state index contributed by atoms with van der Waals surface area (Å²) < 4.78 is 35.6. The third-order valence-electron chi connectivity index (χ3n) is 4.80. The fourth-order valence-electron chi connectivity index (χ4n) is 2.99. The lowest BCUT2D eigenvalue weighted by Crippen LogP contribution is -2.01. The third kappa shape index (κ3) is 6.47. The summed E-state index contributed by atoms with van der Waals surface area (Å²) in [5, 5.41) is 11.1. The van der Waals surface area contributed by atoms with Crippen LogP contribution in [0.5, 0.6) is 11.5 Å². The lowest BCUT2D eigenvalue weighted by molar-refractivity contribution is 0.327. The summed E-state index contributed by atoms with van der Waals surface area (Å²) in [6.45, 7) is 1.49. The molecule has 8 heteroatoms. The molecule has 3 aromatic rings.